The molecule has 0 N–H and O–H groups in total. The van der Waals surface area contributed by atoms with Gasteiger partial charge >= 0.3 is 0 Å². The van der Waals surface area contributed by atoms with E-state index in [1.165, 1.54) is 31.8 Å². The number of rotatable bonds is 4. The quantitative estimate of drug-likeness (QED) is 0.131. The van der Waals surface area contributed by atoms with Crippen molar-refractivity contribution >= 4 is 55.8 Å². The fourth-order valence-electron chi connectivity index (χ4n) is 5.57. The summed E-state index contributed by atoms with van der Waals surface area (Å²) in [7, 11) is 0.227. The smallest absolute Gasteiger partial charge is 0.0801 e. The number of aromatic nitrogens is 4. The number of hydrogen-bond acceptors (Lipinski definition) is 4. The molecule has 4 heterocycles. The molecule has 243 valence electrons. The minimum atomic E-state index is -2.17. The maximum absolute atomic E-state index is 8.79. The van der Waals surface area contributed by atoms with E-state index in [2.05, 4.69) is 77.5 Å². The van der Waals surface area contributed by atoms with E-state index in [9.17, 15) is 0 Å². The van der Waals surface area contributed by atoms with Crippen LogP contribution in [0.15, 0.2) is 79.3 Å². The molecule has 47 heavy (non-hydrogen) atoms. The predicted octanol–water partition coefficient (Wildman–Crippen LogP) is 10.1. The van der Waals surface area contributed by atoms with Crippen LogP contribution in [-0.4, -0.2) is 27.6 Å². The van der Waals surface area contributed by atoms with Crippen LogP contribution in [0.2, 0.25) is 19.6 Å². The van der Waals surface area contributed by atoms with Crippen LogP contribution < -0.4 is 5.19 Å². The van der Waals surface area contributed by atoms with Gasteiger partial charge in [0.25, 0.3) is 0 Å². The van der Waals surface area contributed by atoms with Gasteiger partial charge in [-0.25, -0.2) is 0 Å². The molecular formula is C40H42IrN4SSi-2. The Morgan fingerprint density at radius 3 is 2.45 bits per heavy atom. The Hall–Kier alpha value is -3.48. The Bertz CT molecular complexity index is 2390. The van der Waals surface area contributed by atoms with Gasteiger partial charge in [-0.05, 0) is 57.4 Å². The fraction of sp³-hybridized carbons (Fsp3) is 0.275. The Morgan fingerprint density at radius 1 is 0.979 bits per heavy atom. The molecule has 0 bridgehead atoms. The largest absolute Gasteiger partial charge is 0.366 e. The van der Waals surface area contributed by atoms with E-state index < -0.39 is 26.7 Å². The molecule has 7 aromatic rings. The van der Waals surface area contributed by atoms with Gasteiger partial charge in [-0.3, -0.25) is 9.97 Å². The van der Waals surface area contributed by atoms with E-state index in [0.29, 0.717) is 16.8 Å². The topological polar surface area (TPSA) is 43.6 Å². The van der Waals surface area contributed by atoms with Gasteiger partial charge in [0.05, 0.1) is 31.1 Å². The average Bonchev–Trinajstić information content (AvgIpc) is 3.60. The zero-order valence-electron chi connectivity index (χ0n) is 33.0. The number of benzene rings is 3. The molecular weight excluding hydrogens is 789 g/mol. The molecule has 0 aliphatic heterocycles. The van der Waals surface area contributed by atoms with E-state index in [-0.39, 0.29) is 25.7 Å². The normalized spacial score (nSPS) is 14.0. The second-order valence-electron chi connectivity index (χ2n) is 13.8. The summed E-state index contributed by atoms with van der Waals surface area (Å²) in [5, 5.41) is 3.58. The Labute approximate surface area is 304 Å². The Balaban J connectivity index is 0.000000198. The van der Waals surface area contributed by atoms with Gasteiger partial charge in [-0.1, -0.05) is 82.0 Å². The van der Waals surface area contributed by atoms with Gasteiger partial charge < -0.3 is 9.55 Å². The van der Waals surface area contributed by atoms with Crippen molar-refractivity contribution in [3.05, 3.63) is 108 Å². The molecule has 0 saturated carbocycles. The number of pyridine rings is 2. The van der Waals surface area contributed by atoms with Gasteiger partial charge in [0.15, 0.2) is 0 Å². The molecule has 0 spiro atoms. The van der Waals surface area contributed by atoms with Crippen molar-refractivity contribution in [2.45, 2.75) is 60.6 Å². The van der Waals surface area contributed by atoms with E-state index in [0.717, 1.165) is 27.6 Å². The molecule has 0 aliphatic carbocycles. The summed E-state index contributed by atoms with van der Waals surface area (Å²) < 4.78 is 44.7. The van der Waals surface area contributed by atoms with Gasteiger partial charge in [0, 0.05) is 51.1 Å². The molecule has 3 aromatic carbocycles. The third kappa shape index (κ3) is 7.49. The molecule has 4 nitrogen and oxygen atoms in total. The van der Waals surface area contributed by atoms with Crippen LogP contribution in [0, 0.1) is 31.3 Å². The Kier molecular flexibility index (Phi) is 8.23. The summed E-state index contributed by atoms with van der Waals surface area (Å²) >= 11 is 1.82. The number of nitrogens with zero attached hydrogens (tertiary/aromatic N) is 4. The predicted molar refractivity (Wildman–Crippen MR) is 200 cm³/mol. The van der Waals surface area contributed by atoms with Crippen LogP contribution in [0.5, 0.6) is 0 Å². The molecule has 7 heteroatoms. The van der Waals surface area contributed by atoms with Gasteiger partial charge in [-0.15, -0.1) is 53.6 Å². The SMILES string of the molecule is Cc1ccc2c(c1)sc1c(-c3nc4ccncc4n3C)[c-]ccc12.[2H]C([2H])([2H])c1c[c-]c(-c2cc(C([2H])([2H])C(C)(C)C)c([Si](C)(C)C)cn2)cc1.[Ir]. The number of aryl methyl sites for hydroxylation is 3. The molecule has 0 atom stereocenters. The van der Waals surface area contributed by atoms with Crippen molar-refractivity contribution in [3.63, 3.8) is 0 Å². The third-order valence-corrected chi connectivity index (χ3v) is 11.0. The first-order valence-electron chi connectivity index (χ1n) is 17.9. The van der Waals surface area contributed by atoms with Crippen molar-refractivity contribution in [3.8, 4) is 22.6 Å². The van der Waals surface area contributed by atoms with E-state index in [1.807, 2.05) is 63.6 Å². The monoisotopic (exact) mass is 836 g/mol. The second-order valence-corrected chi connectivity index (χ2v) is 19.9. The number of hydrogen-bond donors (Lipinski definition) is 0. The third-order valence-electron chi connectivity index (χ3n) is 7.81. The van der Waals surface area contributed by atoms with Crippen LogP contribution in [0.25, 0.3) is 53.9 Å². The molecule has 1 radical (unpaired) electrons. The van der Waals surface area contributed by atoms with E-state index >= 15 is 0 Å². The minimum absolute atomic E-state index is 0. The first-order valence-corrected chi connectivity index (χ1v) is 19.7. The van der Waals surface area contributed by atoms with Crippen LogP contribution >= 0.6 is 11.3 Å². The molecule has 0 fully saturated rings. The maximum Gasteiger partial charge on any atom is 0.0801 e. The zero-order valence-corrected chi connectivity index (χ0v) is 32.2. The summed E-state index contributed by atoms with van der Waals surface area (Å²) in [5.41, 5.74) is 5.95. The summed E-state index contributed by atoms with van der Waals surface area (Å²) in [5.74, 6) is 0.937. The van der Waals surface area contributed by atoms with Crippen molar-refractivity contribution in [1.82, 2.24) is 19.5 Å². The van der Waals surface area contributed by atoms with Crippen molar-refractivity contribution in [2.24, 2.45) is 12.5 Å². The van der Waals surface area contributed by atoms with E-state index in [4.69, 9.17) is 11.8 Å². The first kappa shape index (κ1) is 28.5. The van der Waals surface area contributed by atoms with Gasteiger partial charge in [-0.2, -0.15) is 11.3 Å². The fourth-order valence-corrected chi connectivity index (χ4v) is 8.25. The molecule has 0 aliphatic rings. The minimum Gasteiger partial charge on any atom is -0.366 e. The van der Waals surface area contributed by atoms with E-state index in [1.54, 1.807) is 24.5 Å². The van der Waals surface area contributed by atoms with Crippen LogP contribution in [0.4, 0.5) is 0 Å². The van der Waals surface area contributed by atoms with Crippen LogP contribution in [0.3, 0.4) is 0 Å². The summed E-state index contributed by atoms with van der Waals surface area (Å²) in [6.07, 6.45) is 3.91. The average molecular weight is 836 g/mol. The zero-order chi connectivity index (χ0) is 37.1. The molecule has 0 unspecified atom stereocenters. The van der Waals surface area contributed by atoms with Gasteiger partial charge in [0.1, 0.15) is 0 Å². The Morgan fingerprint density at radius 2 is 1.77 bits per heavy atom. The summed E-state index contributed by atoms with van der Waals surface area (Å²) in [6, 6.07) is 25.7. The summed E-state index contributed by atoms with van der Waals surface area (Å²) in [6.45, 7) is 12.2. The number of thiophene rings is 1. The standard InChI is InChI=1S/C20H14N3S.C20H28NSi.Ir/c1-12-6-7-13-14-4-3-5-15(19(14)24-18(13)10-12)20-22-16-8-9-21-11-17(16)23(20)2;1-15-8-10-16(11-9-15)18-12-17(13-20(2,3)4)19(14-21-18)22(5,6)7;/h3-4,6-11H,1-2H3;8-10,12,14H,13H2,1-7H3;/q2*-1;/i;1D3,13D2;. The number of fused-ring (bicyclic) bond motifs is 4. The second kappa shape index (κ2) is 13.6. The summed E-state index contributed by atoms with van der Waals surface area (Å²) in [4.78, 5) is 13.6. The molecule has 4 aromatic heterocycles. The molecule has 0 saturated heterocycles. The van der Waals surface area contributed by atoms with Crippen molar-refractivity contribution in [1.29, 1.82) is 0 Å². The van der Waals surface area contributed by atoms with Crippen molar-refractivity contribution in [2.75, 3.05) is 0 Å². The maximum atomic E-state index is 8.79. The van der Waals surface area contributed by atoms with Gasteiger partial charge in [0.2, 0.25) is 0 Å². The molecule has 7 rings (SSSR count). The number of imidazole rings is 1. The molecule has 0 amide bonds. The van der Waals surface area contributed by atoms with Crippen LogP contribution in [-0.2, 0) is 33.5 Å². The first-order chi connectivity index (χ1) is 23.8. The van der Waals surface area contributed by atoms with Crippen LogP contribution in [0.1, 0.15) is 44.3 Å². The van der Waals surface area contributed by atoms with Crippen molar-refractivity contribution < 1.29 is 27.0 Å².